The molecule has 0 amide bonds. The maximum absolute atomic E-state index is 13.1. The standard InChI is InChI=1S/C21H28FN3O2.ClH/c1-16-23-20(17-5-7-18(22)8-6-17)15-21(24-16)27-14-4-2-3-11-25-12-9-19(26)10-13-25;/h5-8,15,19,26H,2-4,9-14H2,1H3;1H. The van der Waals surface area contributed by atoms with Gasteiger partial charge >= 0.3 is 0 Å². The molecule has 2 aromatic rings. The van der Waals surface area contributed by atoms with Crippen LogP contribution in [0.2, 0.25) is 0 Å². The van der Waals surface area contributed by atoms with Gasteiger partial charge in [-0.3, -0.25) is 0 Å². The van der Waals surface area contributed by atoms with Gasteiger partial charge in [0.15, 0.2) is 0 Å². The van der Waals surface area contributed by atoms with Crippen LogP contribution in [0, 0.1) is 12.7 Å². The molecule has 0 saturated carbocycles. The summed E-state index contributed by atoms with van der Waals surface area (Å²) >= 11 is 0. The van der Waals surface area contributed by atoms with Crippen LogP contribution in [0.4, 0.5) is 4.39 Å². The third-order valence-corrected chi connectivity index (χ3v) is 4.88. The summed E-state index contributed by atoms with van der Waals surface area (Å²) in [7, 11) is 0. The lowest BCUT2D eigenvalue weighted by molar-refractivity contribution is 0.0816. The molecule has 1 aromatic heterocycles. The minimum atomic E-state index is -0.262. The van der Waals surface area contributed by atoms with Gasteiger partial charge in [0, 0.05) is 24.7 Å². The van der Waals surface area contributed by atoms with Crippen molar-refractivity contribution >= 4 is 12.4 Å². The van der Waals surface area contributed by atoms with Crippen LogP contribution in [0.1, 0.15) is 37.9 Å². The summed E-state index contributed by atoms with van der Waals surface area (Å²) in [5, 5.41) is 9.53. The van der Waals surface area contributed by atoms with E-state index >= 15 is 0 Å². The maximum Gasteiger partial charge on any atom is 0.217 e. The third-order valence-electron chi connectivity index (χ3n) is 4.88. The highest BCUT2D eigenvalue weighted by Gasteiger charge is 2.15. The number of aliphatic hydroxyl groups excluding tert-OH is 1. The fraction of sp³-hybridized carbons (Fsp3) is 0.524. The average molecular weight is 410 g/mol. The molecule has 3 rings (SSSR count). The van der Waals surface area contributed by atoms with Gasteiger partial charge in [0.05, 0.1) is 18.4 Å². The number of hydrogen-bond donors (Lipinski definition) is 1. The zero-order chi connectivity index (χ0) is 19.1. The number of halogens is 2. The molecule has 5 nitrogen and oxygen atoms in total. The number of rotatable bonds is 8. The molecule has 28 heavy (non-hydrogen) atoms. The number of nitrogens with zero attached hydrogens (tertiary/aromatic N) is 3. The van der Waals surface area contributed by atoms with Crippen LogP contribution in [-0.2, 0) is 0 Å². The number of unbranched alkanes of at least 4 members (excludes halogenated alkanes) is 2. The van der Waals surface area contributed by atoms with Crippen LogP contribution >= 0.6 is 12.4 Å². The van der Waals surface area contributed by atoms with Gasteiger partial charge in [0.1, 0.15) is 11.6 Å². The third kappa shape index (κ3) is 7.00. The first kappa shape index (κ1) is 22.5. The second kappa shape index (κ2) is 11.3. The van der Waals surface area contributed by atoms with Crippen molar-refractivity contribution in [3.05, 3.63) is 42.0 Å². The minimum Gasteiger partial charge on any atom is -0.478 e. The predicted octanol–water partition coefficient (Wildman–Crippen LogP) is 4.02. The molecular formula is C21H29ClFN3O2. The van der Waals surface area contributed by atoms with Crippen LogP contribution in [0.15, 0.2) is 30.3 Å². The van der Waals surface area contributed by atoms with Gasteiger partial charge in [0.2, 0.25) is 5.88 Å². The van der Waals surface area contributed by atoms with Gasteiger partial charge in [0.25, 0.3) is 0 Å². The van der Waals surface area contributed by atoms with E-state index in [1.54, 1.807) is 18.2 Å². The lowest BCUT2D eigenvalue weighted by Gasteiger charge is -2.29. The molecule has 1 aliphatic heterocycles. The van der Waals surface area contributed by atoms with Gasteiger partial charge in [-0.1, -0.05) is 0 Å². The maximum atomic E-state index is 13.1. The molecule has 1 aliphatic rings. The van der Waals surface area contributed by atoms with Gasteiger partial charge in [-0.15, -0.1) is 12.4 Å². The van der Waals surface area contributed by atoms with E-state index in [0.717, 1.165) is 63.0 Å². The summed E-state index contributed by atoms with van der Waals surface area (Å²) in [6.45, 7) is 5.55. The normalized spacial score (nSPS) is 15.2. The van der Waals surface area contributed by atoms with E-state index in [-0.39, 0.29) is 24.3 Å². The summed E-state index contributed by atoms with van der Waals surface area (Å²) in [5.41, 5.74) is 1.59. The quantitative estimate of drug-likeness (QED) is 0.667. The Morgan fingerprint density at radius 2 is 1.82 bits per heavy atom. The van der Waals surface area contributed by atoms with Crippen molar-refractivity contribution in [3.63, 3.8) is 0 Å². The van der Waals surface area contributed by atoms with E-state index in [1.165, 1.54) is 12.1 Å². The minimum absolute atomic E-state index is 0. The van der Waals surface area contributed by atoms with Crippen LogP contribution in [0.5, 0.6) is 5.88 Å². The van der Waals surface area contributed by atoms with Gasteiger partial charge in [-0.25, -0.2) is 9.37 Å². The zero-order valence-corrected chi connectivity index (χ0v) is 17.1. The van der Waals surface area contributed by atoms with E-state index in [1.807, 2.05) is 6.92 Å². The molecule has 0 spiro atoms. The van der Waals surface area contributed by atoms with Gasteiger partial charge in [-0.05, 0) is 69.8 Å². The number of aromatic nitrogens is 2. The molecule has 1 aromatic carbocycles. The first-order valence-corrected chi connectivity index (χ1v) is 9.75. The highest BCUT2D eigenvalue weighted by molar-refractivity contribution is 5.85. The van der Waals surface area contributed by atoms with E-state index in [9.17, 15) is 9.50 Å². The molecule has 1 N–H and O–H groups in total. The summed E-state index contributed by atoms with van der Waals surface area (Å²) < 4.78 is 18.9. The number of likely N-dealkylation sites (tertiary alicyclic amines) is 1. The molecular weight excluding hydrogens is 381 g/mol. The lowest BCUT2D eigenvalue weighted by atomic mass is 10.1. The van der Waals surface area contributed by atoms with Crippen molar-refractivity contribution in [2.45, 2.75) is 45.1 Å². The Labute approximate surface area is 172 Å². The van der Waals surface area contributed by atoms with Crippen molar-refractivity contribution in [2.75, 3.05) is 26.2 Å². The van der Waals surface area contributed by atoms with Crippen LogP contribution in [-0.4, -0.2) is 52.3 Å². The number of benzene rings is 1. The van der Waals surface area contributed by atoms with E-state index in [0.29, 0.717) is 18.3 Å². The second-order valence-corrected chi connectivity index (χ2v) is 7.13. The Bertz CT molecular complexity index is 722. The average Bonchev–Trinajstić information content (AvgIpc) is 2.66. The summed E-state index contributed by atoms with van der Waals surface area (Å²) in [6, 6.07) is 8.08. The number of hydrogen-bond acceptors (Lipinski definition) is 5. The Balaban J connectivity index is 0.00000280. The first-order valence-electron chi connectivity index (χ1n) is 9.75. The fourth-order valence-corrected chi connectivity index (χ4v) is 3.32. The Hall–Kier alpha value is -1.76. The molecule has 1 fully saturated rings. The molecule has 0 unspecified atom stereocenters. The van der Waals surface area contributed by atoms with Crippen molar-refractivity contribution < 1.29 is 14.2 Å². The smallest absolute Gasteiger partial charge is 0.217 e. The summed E-state index contributed by atoms with van der Waals surface area (Å²) in [5.74, 6) is 0.938. The highest BCUT2D eigenvalue weighted by Crippen LogP contribution is 2.21. The number of aryl methyl sites for hydroxylation is 1. The summed E-state index contributed by atoms with van der Waals surface area (Å²) in [6.07, 6.45) is 4.91. The van der Waals surface area contributed by atoms with Crippen LogP contribution in [0.3, 0.4) is 0 Å². The fourth-order valence-electron chi connectivity index (χ4n) is 3.32. The molecule has 0 aliphatic carbocycles. The van der Waals surface area contributed by atoms with Crippen molar-refractivity contribution in [1.82, 2.24) is 14.9 Å². The monoisotopic (exact) mass is 409 g/mol. The van der Waals surface area contributed by atoms with Crippen molar-refractivity contribution in [3.8, 4) is 17.1 Å². The van der Waals surface area contributed by atoms with E-state index < -0.39 is 0 Å². The van der Waals surface area contributed by atoms with Gasteiger partial charge < -0.3 is 14.7 Å². The number of ether oxygens (including phenoxy) is 1. The number of piperidine rings is 1. The van der Waals surface area contributed by atoms with Crippen molar-refractivity contribution in [1.29, 1.82) is 0 Å². The SMILES string of the molecule is Cc1nc(OCCCCCN2CCC(O)CC2)cc(-c2ccc(F)cc2)n1.Cl. The van der Waals surface area contributed by atoms with Crippen LogP contribution in [0.25, 0.3) is 11.3 Å². The summed E-state index contributed by atoms with van der Waals surface area (Å²) in [4.78, 5) is 11.2. The Morgan fingerprint density at radius 3 is 2.54 bits per heavy atom. The molecule has 0 radical (unpaired) electrons. The zero-order valence-electron chi connectivity index (χ0n) is 16.3. The predicted molar refractivity (Wildman–Crippen MR) is 110 cm³/mol. The van der Waals surface area contributed by atoms with Crippen LogP contribution < -0.4 is 4.74 Å². The molecule has 7 heteroatoms. The highest BCUT2D eigenvalue weighted by atomic mass is 35.5. The second-order valence-electron chi connectivity index (χ2n) is 7.13. The topological polar surface area (TPSA) is 58.5 Å². The molecule has 2 heterocycles. The Morgan fingerprint density at radius 1 is 1.11 bits per heavy atom. The van der Waals surface area contributed by atoms with E-state index in [2.05, 4.69) is 14.9 Å². The van der Waals surface area contributed by atoms with E-state index in [4.69, 9.17) is 4.74 Å². The first-order chi connectivity index (χ1) is 13.1. The van der Waals surface area contributed by atoms with Gasteiger partial charge in [-0.2, -0.15) is 4.98 Å². The molecule has 154 valence electrons. The lowest BCUT2D eigenvalue weighted by Crippen LogP contribution is -2.36. The molecule has 0 bridgehead atoms. The number of aliphatic hydroxyl groups is 1. The van der Waals surface area contributed by atoms with Crippen molar-refractivity contribution in [2.24, 2.45) is 0 Å². The Kier molecular flexibility index (Phi) is 9.09. The molecule has 1 saturated heterocycles. The largest absolute Gasteiger partial charge is 0.478 e. The molecule has 0 atom stereocenters.